The fourth-order valence-electron chi connectivity index (χ4n) is 1.86. The van der Waals surface area contributed by atoms with Crippen molar-refractivity contribution in [1.82, 2.24) is 5.43 Å². The van der Waals surface area contributed by atoms with E-state index in [0.717, 1.165) is 11.1 Å². The number of amides is 1. The second kappa shape index (κ2) is 9.31. The van der Waals surface area contributed by atoms with Gasteiger partial charge in [-0.1, -0.05) is 0 Å². The summed E-state index contributed by atoms with van der Waals surface area (Å²) in [6.07, 6.45) is -0.634. The zero-order valence-corrected chi connectivity index (χ0v) is 15.9. The number of carbonyl (C=O) groups is 2. The molecule has 0 saturated heterocycles. The van der Waals surface area contributed by atoms with Gasteiger partial charge in [-0.3, -0.25) is 0 Å². The maximum absolute atomic E-state index is 11.6. The monoisotopic (exact) mass is 367 g/mol. The van der Waals surface area contributed by atoms with Crippen molar-refractivity contribution < 1.29 is 24.2 Å². The molecule has 0 saturated carbocycles. The van der Waals surface area contributed by atoms with E-state index in [1.54, 1.807) is 46.9 Å². The van der Waals surface area contributed by atoms with Crippen LogP contribution in [0.5, 0.6) is 5.75 Å². The van der Waals surface area contributed by atoms with Gasteiger partial charge in [-0.2, -0.15) is 16.9 Å². The first-order valence-electron chi connectivity index (χ1n) is 7.60. The number of benzene rings is 1. The van der Waals surface area contributed by atoms with Gasteiger partial charge in [0.15, 0.2) is 0 Å². The lowest BCUT2D eigenvalue weighted by molar-refractivity contribution is -0.301. The van der Waals surface area contributed by atoms with E-state index in [2.05, 4.69) is 10.5 Å². The normalized spacial score (nSPS) is 11.8. The van der Waals surface area contributed by atoms with E-state index in [-0.39, 0.29) is 5.75 Å². The summed E-state index contributed by atoms with van der Waals surface area (Å²) in [5, 5.41) is 14.6. The highest BCUT2D eigenvalue weighted by Crippen LogP contribution is 2.24. The number of hydrogen-bond donors (Lipinski definition) is 1. The standard InChI is InChI=1S/C17H24N2O5S/c1-11(18-19-16(22)24-17(2,3)4)12-6-7-14(23-5)13(8-12)9-25-10-15(20)21/h6-8H,9-10H2,1-5H3,(H,19,22)(H,20,21)/p-1/b18-11-. The average molecular weight is 367 g/mol. The van der Waals surface area contributed by atoms with Crippen molar-refractivity contribution in [2.24, 2.45) is 5.10 Å². The lowest BCUT2D eigenvalue weighted by Crippen LogP contribution is -2.30. The smallest absolute Gasteiger partial charge is 0.428 e. The Kier molecular flexibility index (Phi) is 7.76. The van der Waals surface area contributed by atoms with Crippen LogP contribution in [0.15, 0.2) is 23.3 Å². The largest absolute Gasteiger partial charge is 0.549 e. The quantitative estimate of drug-likeness (QED) is 0.584. The highest BCUT2D eigenvalue weighted by Gasteiger charge is 2.15. The minimum Gasteiger partial charge on any atom is -0.549 e. The van der Waals surface area contributed by atoms with E-state index in [1.165, 1.54) is 11.8 Å². The first-order chi connectivity index (χ1) is 11.6. The van der Waals surface area contributed by atoms with E-state index in [4.69, 9.17) is 9.47 Å². The zero-order valence-electron chi connectivity index (χ0n) is 15.0. The highest BCUT2D eigenvalue weighted by molar-refractivity contribution is 7.99. The summed E-state index contributed by atoms with van der Waals surface area (Å²) >= 11 is 1.22. The number of aliphatic carboxylic acids is 1. The molecule has 0 unspecified atom stereocenters. The van der Waals surface area contributed by atoms with Crippen LogP contribution >= 0.6 is 11.8 Å². The molecule has 1 aromatic rings. The number of hydrazone groups is 1. The Hall–Kier alpha value is -2.22. The van der Waals surface area contributed by atoms with Crippen LogP contribution in [0.2, 0.25) is 0 Å². The molecule has 0 fully saturated rings. The summed E-state index contributed by atoms with van der Waals surface area (Å²) in [6.45, 7) is 7.05. The van der Waals surface area contributed by atoms with E-state index < -0.39 is 17.7 Å². The van der Waals surface area contributed by atoms with Crippen LogP contribution in [0.25, 0.3) is 0 Å². The number of hydrogen-bond acceptors (Lipinski definition) is 7. The lowest BCUT2D eigenvalue weighted by atomic mass is 10.1. The Bertz CT molecular complexity index is 653. The second-order valence-electron chi connectivity index (χ2n) is 6.20. The number of nitrogens with one attached hydrogen (secondary N) is 1. The third-order valence-electron chi connectivity index (χ3n) is 2.89. The summed E-state index contributed by atoms with van der Waals surface area (Å²) in [7, 11) is 1.55. The Labute approximate surface area is 151 Å². The Morgan fingerprint density at radius 2 is 2.00 bits per heavy atom. The van der Waals surface area contributed by atoms with Crippen molar-refractivity contribution in [3.05, 3.63) is 29.3 Å². The van der Waals surface area contributed by atoms with Gasteiger partial charge in [-0.15, -0.1) is 0 Å². The first-order valence-corrected chi connectivity index (χ1v) is 8.76. The molecule has 0 aliphatic carbocycles. The van der Waals surface area contributed by atoms with Gasteiger partial charge in [0.1, 0.15) is 11.4 Å². The Morgan fingerprint density at radius 1 is 1.32 bits per heavy atom. The van der Waals surface area contributed by atoms with Crippen LogP contribution in [0.3, 0.4) is 0 Å². The molecule has 25 heavy (non-hydrogen) atoms. The molecule has 0 aliphatic heterocycles. The van der Waals surface area contributed by atoms with Crippen molar-refractivity contribution in [1.29, 1.82) is 0 Å². The van der Waals surface area contributed by atoms with Crippen LogP contribution in [-0.2, 0) is 15.3 Å². The van der Waals surface area contributed by atoms with Gasteiger partial charge in [0.2, 0.25) is 0 Å². The molecule has 8 heteroatoms. The van der Waals surface area contributed by atoms with E-state index in [9.17, 15) is 14.7 Å². The summed E-state index contributed by atoms with van der Waals surface area (Å²) in [4.78, 5) is 22.2. The van der Waals surface area contributed by atoms with Gasteiger partial charge in [-0.25, -0.2) is 10.2 Å². The molecule has 0 radical (unpaired) electrons. The van der Waals surface area contributed by atoms with Crippen molar-refractivity contribution in [3.8, 4) is 5.75 Å². The number of carbonyl (C=O) groups excluding carboxylic acids is 2. The Balaban J connectivity index is 2.83. The van der Waals surface area contributed by atoms with Crippen LogP contribution < -0.4 is 15.3 Å². The molecule has 0 heterocycles. The second-order valence-corrected chi connectivity index (χ2v) is 7.19. The third-order valence-corrected chi connectivity index (χ3v) is 3.84. The summed E-state index contributed by atoms with van der Waals surface area (Å²) in [5.74, 6) is -0.0970. The summed E-state index contributed by atoms with van der Waals surface area (Å²) < 4.78 is 10.4. The van der Waals surface area contributed by atoms with Gasteiger partial charge < -0.3 is 19.4 Å². The predicted molar refractivity (Wildman–Crippen MR) is 95.7 cm³/mol. The van der Waals surface area contributed by atoms with Crippen LogP contribution in [0.4, 0.5) is 4.79 Å². The fourth-order valence-corrected chi connectivity index (χ4v) is 2.57. The predicted octanol–water partition coefficient (Wildman–Crippen LogP) is 1.93. The average Bonchev–Trinajstić information content (AvgIpc) is 2.50. The minimum atomic E-state index is -1.11. The highest BCUT2D eigenvalue weighted by atomic mass is 32.2. The van der Waals surface area contributed by atoms with Gasteiger partial charge in [0, 0.05) is 17.1 Å². The summed E-state index contributed by atoms with van der Waals surface area (Å²) in [5.41, 5.74) is 3.94. The molecule has 1 rings (SSSR count). The van der Waals surface area contributed by atoms with Crippen molar-refractivity contribution in [3.63, 3.8) is 0 Å². The number of ether oxygens (including phenoxy) is 2. The number of thioether (sulfide) groups is 1. The minimum absolute atomic E-state index is 0.0966. The van der Waals surface area contributed by atoms with Gasteiger partial charge in [0.05, 0.1) is 18.8 Å². The van der Waals surface area contributed by atoms with E-state index >= 15 is 0 Å². The molecule has 0 atom stereocenters. The zero-order chi connectivity index (χ0) is 19.0. The maximum atomic E-state index is 11.6. The molecule has 0 aromatic heterocycles. The molecule has 0 aliphatic rings. The Morgan fingerprint density at radius 3 is 2.56 bits per heavy atom. The molecule has 1 aromatic carbocycles. The molecule has 138 valence electrons. The number of carboxylic acids is 1. The van der Waals surface area contributed by atoms with Gasteiger partial charge in [-0.05, 0) is 51.5 Å². The molecule has 7 nitrogen and oxygen atoms in total. The van der Waals surface area contributed by atoms with Crippen molar-refractivity contribution >= 4 is 29.5 Å². The third kappa shape index (κ3) is 7.93. The van der Waals surface area contributed by atoms with Crippen molar-refractivity contribution in [2.45, 2.75) is 39.0 Å². The molecule has 0 spiro atoms. The van der Waals surface area contributed by atoms with E-state index in [1.807, 2.05) is 6.07 Å². The van der Waals surface area contributed by atoms with Crippen LogP contribution in [-0.4, -0.2) is 36.2 Å². The topological polar surface area (TPSA) is 100 Å². The number of rotatable bonds is 7. The van der Waals surface area contributed by atoms with Crippen molar-refractivity contribution in [2.75, 3.05) is 12.9 Å². The maximum Gasteiger partial charge on any atom is 0.428 e. The summed E-state index contributed by atoms with van der Waals surface area (Å²) in [6, 6.07) is 5.43. The molecule has 1 N–H and O–H groups in total. The lowest BCUT2D eigenvalue weighted by Gasteiger charge is -2.18. The van der Waals surface area contributed by atoms with Crippen LogP contribution in [0, 0.1) is 0 Å². The fraction of sp³-hybridized carbons (Fsp3) is 0.471. The first kappa shape index (κ1) is 20.8. The molecule has 1 amide bonds. The van der Waals surface area contributed by atoms with Gasteiger partial charge in [0.25, 0.3) is 0 Å². The number of methoxy groups -OCH3 is 1. The molecular formula is C17H23N2O5S-. The SMILES string of the molecule is COc1ccc(/C(C)=N\NC(=O)OC(C)(C)C)cc1CSCC(=O)[O-]. The van der Waals surface area contributed by atoms with Gasteiger partial charge >= 0.3 is 6.09 Å². The van der Waals surface area contributed by atoms with E-state index in [0.29, 0.717) is 17.2 Å². The number of nitrogens with zero attached hydrogens (tertiary/aromatic N) is 1. The molecule has 0 bridgehead atoms. The number of carboxylic acid groups (broad SMARTS) is 1. The molecular weight excluding hydrogens is 344 g/mol. The van der Waals surface area contributed by atoms with Crippen LogP contribution in [0.1, 0.15) is 38.8 Å².